The van der Waals surface area contributed by atoms with Gasteiger partial charge in [0, 0.05) is 12.3 Å². The van der Waals surface area contributed by atoms with Gasteiger partial charge in [0.15, 0.2) is 0 Å². The van der Waals surface area contributed by atoms with Gasteiger partial charge in [-0.1, -0.05) is 18.3 Å². The van der Waals surface area contributed by atoms with Crippen molar-refractivity contribution in [3.63, 3.8) is 0 Å². The summed E-state index contributed by atoms with van der Waals surface area (Å²) in [5.74, 6) is -1.76. The smallest absolute Gasteiger partial charge is 0.416 e. The number of rotatable bonds is 4. The van der Waals surface area contributed by atoms with Gasteiger partial charge < -0.3 is 10.1 Å². The Morgan fingerprint density at radius 2 is 1.79 bits per heavy atom. The highest BCUT2D eigenvalue weighted by atomic mass is 32.1. The Bertz CT molecular complexity index is 1020. The predicted octanol–water partition coefficient (Wildman–Crippen LogP) is 5.96. The summed E-state index contributed by atoms with van der Waals surface area (Å²) in [4.78, 5) is 3.98. The number of pyridine rings is 1. The van der Waals surface area contributed by atoms with E-state index in [0.29, 0.717) is 6.07 Å². The third-order valence-corrected chi connectivity index (χ3v) is 3.89. The monoisotopic (exact) mass is 410 g/mol. The Labute approximate surface area is 161 Å². The maximum Gasteiger partial charge on any atom is 0.416 e. The molecule has 0 spiro atoms. The summed E-state index contributed by atoms with van der Waals surface area (Å²) >= 11 is 5.21. The molecular weight excluding hydrogens is 399 g/mol. The number of hydrogen-bond donors (Lipinski definition) is 1. The molecule has 0 saturated carbocycles. The van der Waals surface area contributed by atoms with E-state index in [1.807, 2.05) is 0 Å². The van der Waals surface area contributed by atoms with Crippen LogP contribution in [0.1, 0.15) is 11.1 Å². The van der Waals surface area contributed by atoms with Crippen LogP contribution in [0.4, 0.5) is 27.6 Å². The molecule has 28 heavy (non-hydrogen) atoms. The largest absolute Gasteiger partial charge is 0.438 e. The van der Waals surface area contributed by atoms with E-state index in [2.05, 4.69) is 10.3 Å². The van der Waals surface area contributed by atoms with Crippen LogP contribution in [0.15, 0.2) is 60.8 Å². The highest BCUT2D eigenvalue weighted by molar-refractivity contribution is 7.81. The second-order valence-electron chi connectivity index (χ2n) is 5.56. The maximum atomic E-state index is 13.8. The summed E-state index contributed by atoms with van der Waals surface area (Å²) in [6.45, 7) is 0. The van der Waals surface area contributed by atoms with E-state index < -0.39 is 23.4 Å². The first-order valence-corrected chi connectivity index (χ1v) is 8.21. The van der Waals surface area contributed by atoms with Crippen molar-refractivity contribution in [3.05, 3.63) is 83.6 Å². The number of ether oxygens (including phenoxy) is 1. The van der Waals surface area contributed by atoms with E-state index >= 15 is 0 Å². The highest BCUT2D eigenvalue weighted by Crippen LogP contribution is 2.33. The van der Waals surface area contributed by atoms with E-state index in [-0.39, 0.29) is 27.9 Å². The van der Waals surface area contributed by atoms with Crippen LogP contribution in [-0.4, -0.2) is 9.97 Å². The SMILES string of the molecule is Fc1ccc(NC(=S)c2cccnc2Oc2cccc(C(F)(F)F)c2)c(F)c1. The first-order chi connectivity index (χ1) is 13.2. The molecule has 3 aromatic rings. The average Bonchev–Trinajstić information content (AvgIpc) is 2.64. The van der Waals surface area contributed by atoms with Crippen LogP contribution in [0.2, 0.25) is 0 Å². The van der Waals surface area contributed by atoms with Crippen molar-refractivity contribution in [2.24, 2.45) is 0 Å². The average molecular weight is 410 g/mol. The van der Waals surface area contributed by atoms with Gasteiger partial charge in [-0.05, 0) is 42.5 Å². The molecule has 144 valence electrons. The fourth-order valence-corrected chi connectivity index (χ4v) is 2.54. The summed E-state index contributed by atoms with van der Waals surface area (Å²) in [5.41, 5.74) is -0.726. The standard InChI is InChI=1S/C19H11F5N2OS/c20-12-6-7-16(15(21)10-12)26-18(28)14-5-2-8-25-17(14)27-13-4-1-3-11(9-13)19(22,23)24/h1-10H,(H,26,28). The lowest BCUT2D eigenvalue weighted by Crippen LogP contribution is -2.13. The Morgan fingerprint density at radius 3 is 2.50 bits per heavy atom. The summed E-state index contributed by atoms with van der Waals surface area (Å²) in [6.07, 6.45) is -3.16. The van der Waals surface area contributed by atoms with Crippen LogP contribution in [-0.2, 0) is 6.18 Å². The summed E-state index contributed by atoms with van der Waals surface area (Å²) in [5, 5.41) is 2.61. The minimum absolute atomic E-state index is 0.000541. The van der Waals surface area contributed by atoms with Crippen molar-refractivity contribution in [2.45, 2.75) is 6.18 Å². The first kappa shape index (κ1) is 19.7. The van der Waals surface area contributed by atoms with Crippen LogP contribution in [0.25, 0.3) is 0 Å². The van der Waals surface area contributed by atoms with E-state index in [1.54, 1.807) is 0 Å². The molecule has 0 aliphatic carbocycles. The summed E-state index contributed by atoms with van der Waals surface area (Å²) in [7, 11) is 0. The number of anilines is 1. The molecule has 0 aliphatic rings. The fourth-order valence-electron chi connectivity index (χ4n) is 2.27. The zero-order chi connectivity index (χ0) is 20.3. The van der Waals surface area contributed by atoms with Crippen LogP contribution >= 0.6 is 12.2 Å². The normalized spacial score (nSPS) is 11.2. The predicted molar refractivity (Wildman–Crippen MR) is 97.4 cm³/mol. The number of aromatic nitrogens is 1. The molecule has 0 saturated heterocycles. The molecule has 2 aromatic carbocycles. The lowest BCUT2D eigenvalue weighted by atomic mass is 10.2. The van der Waals surface area contributed by atoms with E-state index in [1.165, 1.54) is 36.5 Å². The van der Waals surface area contributed by atoms with E-state index in [0.717, 1.165) is 18.2 Å². The number of halogens is 5. The Hall–Kier alpha value is -3.07. The quantitative estimate of drug-likeness (QED) is 0.425. The molecule has 3 nitrogen and oxygen atoms in total. The lowest BCUT2D eigenvalue weighted by Gasteiger charge is -2.14. The van der Waals surface area contributed by atoms with Gasteiger partial charge in [-0.15, -0.1) is 0 Å². The summed E-state index contributed by atoms with van der Waals surface area (Å²) in [6, 6.07) is 10.2. The number of alkyl halides is 3. The van der Waals surface area contributed by atoms with Crippen LogP contribution in [0, 0.1) is 11.6 Å². The molecule has 0 unspecified atom stereocenters. The maximum absolute atomic E-state index is 13.8. The van der Waals surface area contributed by atoms with E-state index in [9.17, 15) is 22.0 Å². The highest BCUT2D eigenvalue weighted by Gasteiger charge is 2.30. The van der Waals surface area contributed by atoms with Crippen LogP contribution in [0.5, 0.6) is 11.6 Å². The topological polar surface area (TPSA) is 34.2 Å². The minimum Gasteiger partial charge on any atom is -0.438 e. The third-order valence-electron chi connectivity index (χ3n) is 3.57. The van der Waals surface area contributed by atoms with Crippen molar-refractivity contribution < 1.29 is 26.7 Å². The third kappa shape index (κ3) is 4.61. The van der Waals surface area contributed by atoms with Gasteiger partial charge in [0.2, 0.25) is 5.88 Å². The fraction of sp³-hybridized carbons (Fsp3) is 0.0526. The molecule has 1 N–H and O–H groups in total. The van der Waals surface area contributed by atoms with Gasteiger partial charge in [-0.3, -0.25) is 0 Å². The van der Waals surface area contributed by atoms with Crippen LogP contribution in [0.3, 0.4) is 0 Å². The zero-order valence-corrected chi connectivity index (χ0v) is 14.7. The first-order valence-electron chi connectivity index (χ1n) is 7.80. The number of nitrogens with one attached hydrogen (secondary N) is 1. The molecule has 9 heteroatoms. The van der Waals surface area contributed by atoms with Crippen molar-refractivity contribution >= 4 is 22.9 Å². The molecule has 3 rings (SSSR count). The molecule has 0 fully saturated rings. The minimum atomic E-state index is -4.52. The molecule has 1 aromatic heterocycles. The number of thiocarbonyl (C=S) groups is 1. The van der Waals surface area contributed by atoms with Gasteiger partial charge in [-0.2, -0.15) is 13.2 Å². The molecule has 0 bridgehead atoms. The van der Waals surface area contributed by atoms with E-state index in [4.69, 9.17) is 17.0 Å². The molecule has 0 radical (unpaired) electrons. The molecule has 0 amide bonds. The summed E-state index contributed by atoms with van der Waals surface area (Å²) < 4.78 is 70.9. The van der Waals surface area contributed by atoms with Gasteiger partial charge in [0.05, 0.1) is 16.8 Å². The Kier molecular flexibility index (Phi) is 5.55. The number of nitrogens with zero attached hydrogens (tertiary/aromatic N) is 1. The van der Waals surface area contributed by atoms with Gasteiger partial charge in [-0.25, -0.2) is 13.8 Å². The Morgan fingerprint density at radius 1 is 1.00 bits per heavy atom. The number of hydrogen-bond acceptors (Lipinski definition) is 3. The lowest BCUT2D eigenvalue weighted by molar-refractivity contribution is -0.137. The van der Waals surface area contributed by atoms with Crippen molar-refractivity contribution in [1.29, 1.82) is 0 Å². The molecular formula is C19H11F5N2OS. The van der Waals surface area contributed by atoms with Crippen LogP contribution < -0.4 is 10.1 Å². The Balaban J connectivity index is 1.86. The molecule has 0 atom stereocenters. The number of benzene rings is 2. The second-order valence-corrected chi connectivity index (χ2v) is 5.97. The van der Waals surface area contributed by atoms with Gasteiger partial charge in [0.1, 0.15) is 22.4 Å². The zero-order valence-electron chi connectivity index (χ0n) is 13.9. The second kappa shape index (κ2) is 7.89. The van der Waals surface area contributed by atoms with Crippen molar-refractivity contribution in [3.8, 4) is 11.6 Å². The van der Waals surface area contributed by atoms with Crippen molar-refractivity contribution in [2.75, 3.05) is 5.32 Å². The van der Waals surface area contributed by atoms with Crippen molar-refractivity contribution in [1.82, 2.24) is 4.98 Å². The van der Waals surface area contributed by atoms with Gasteiger partial charge >= 0.3 is 6.18 Å². The molecule has 1 heterocycles. The van der Waals surface area contributed by atoms with Gasteiger partial charge in [0.25, 0.3) is 0 Å². The molecule has 0 aliphatic heterocycles.